The molecule has 0 aliphatic heterocycles. The first-order valence-electron chi connectivity index (χ1n) is 7.65. The van der Waals surface area contributed by atoms with Crippen molar-refractivity contribution in [2.24, 2.45) is 0 Å². The fourth-order valence-electron chi connectivity index (χ4n) is 2.19. The highest BCUT2D eigenvalue weighted by Crippen LogP contribution is 2.18. The Morgan fingerprint density at radius 3 is 2.29 bits per heavy atom. The van der Waals surface area contributed by atoms with Gasteiger partial charge < -0.3 is 9.84 Å². The predicted octanol–water partition coefficient (Wildman–Crippen LogP) is 4.45. The fourth-order valence-corrected chi connectivity index (χ4v) is 2.19. The normalized spacial score (nSPS) is 12.1. The van der Waals surface area contributed by atoms with E-state index >= 15 is 0 Å². The molecule has 112 valence electrons. The maximum absolute atomic E-state index is 10.1. The van der Waals surface area contributed by atoms with E-state index in [1.807, 2.05) is 43.3 Å². The summed E-state index contributed by atoms with van der Waals surface area (Å²) in [5.74, 6) is 0.807. The van der Waals surface area contributed by atoms with E-state index in [0.29, 0.717) is 0 Å². The van der Waals surface area contributed by atoms with Gasteiger partial charge in [0.15, 0.2) is 0 Å². The molecule has 2 heteroatoms. The standard InChI is InChI=1S/C19H24O2/c1-3-4-5-16-8-12-18(13-9-16)21-14-19(20)17-10-6-15(2)7-11-17/h6-13,19-20H,3-5,14H2,1-2H3. The number of benzene rings is 2. The molecule has 0 spiro atoms. The molecule has 0 aliphatic carbocycles. The van der Waals surface area contributed by atoms with Crippen LogP contribution in [0.3, 0.4) is 0 Å². The van der Waals surface area contributed by atoms with Crippen molar-refractivity contribution in [2.45, 2.75) is 39.2 Å². The second-order valence-corrected chi connectivity index (χ2v) is 5.48. The summed E-state index contributed by atoms with van der Waals surface area (Å²) in [6.45, 7) is 4.51. The third-order valence-corrected chi connectivity index (χ3v) is 3.61. The van der Waals surface area contributed by atoms with Crippen molar-refractivity contribution in [3.63, 3.8) is 0 Å². The smallest absolute Gasteiger partial charge is 0.119 e. The van der Waals surface area contributed by atoms with Crippen LogP contribution in [0.2, 0.25) is 0 Å². The topological polar surface area (TPSA) is 29.5 Å². The van der Waals surface area contributed by atoms with E-state index in [0.717, 1.165) is 17.7 Å². The van der Waals surface area contributed by atoms with Crippen molar-refractivity contribution in [2.75, 3.05) is 6.61 Å². The maximum Gasteiger partial charge on any atom is 0.119 e. The number of aliphatic hydroxyl groups is 1. The van der Waals surface area contributed by atoms with Gasteiger partial charge in [0.05, 0.1) is 0 Å². The summed E-state index contributed by atoms with van der Waals surface area (Å²) in [5, 5.41) is 10.1. The highest BCUT2D eigenvalue weighted by molar-refractivity contribution is 5.28. The van der Waals surface area contributed by atoms with Gasteiger partial charge in [0.1, 0.15) is 18.5 Å². The van der Waals surface area contributed by atoms with Gasteiger partial charge in [-0.1, -0.05) is 55.3 Å². The van der Waals surface area contributed by atoms with Gasteiger partial charge in [0.2, 0.25) is 0 Å². The Kier molecular flexibility index (Phi) is 5.82. The molecule has 2 aromatic rings. The Balaban J connectivity index is 1.86. The Bertz CT molecular complexity index is 528. The lowest BCUT2D eigenvalue weighted by Crippen LogP contribution is -2.09. The minimum Gasteiger partial charge on any atom is -0.491 e. The zero-order valence-electron chi connectivity index (χ0n) is 12.9. The van der Waals surface area contributed by atoms with Crippen molar-refractivity contribution < 1.29 is 9.84 Å². The van der Waals surface area contributed by atoms with Crippen LogP contribution in [0.4, 0.5) is 0 Å². The lowest BCUT2D eigenvalue weighted by atomic mass is 10.1. The summed E-state index contributed by atoms with van der Waals surface area (Å²) in [6, 6.07) is 16.0. The van der Waals surface area contributed by atoms with Gasteiger partial charge in [-0.3, -0.25) is 0 Å². The summed E-state index contributed by atoms with van der Waals surface area (Å²) in [4.78, 5) is 0. The molecule has 1 atom stereocenters. The van der Waals surface area contributed by atoms with Crippen molar-refractivity contribution >= 4 is 0 Å². The van der Waals surface area contributed by atoms with Gasteiger partial charge in [0, 0.05) is 0 Å². The number of aryl methyl sites for hydroxylation is 2. The van der Waals surface area contributed by atoms with Crippen LogP contribution in [0, 0.1) is 6.92 Å². The molecule has 0 aliphatic rings. The summed E-state index contributed by atoms with van der Waals surface area (Å²) in [6.07, 6.45) is 2.95. The maximum atomic E-state index is 10.1. The Labute approximate surface area is 127 Å². The highest BCUT2D eigenvalue weighted by atomic mass is 16.5. The molecule has 0 saturated heterocycles. The summed E-state index contributed by atoms with van der Waals surface area (Å²) in [7, 11) is 0. The molecular weight excluding hydrogens is 260 g/mol. The number of ether oxygens (including phenoxy) is 1. The average Bonchev–Trinajstić information content (AvgIpc) is 2.52. The van der Waals surface area contributed by atoms with Gasteiger partial charge in [-0.2, -0.15) is 0 Å². The molecule has 2 aromatic carbocycles. The third-order valence-electron chi connectivity index (χ3n) is 3.61. The number of unbranched alkanes of at least 4 members (excludes halogenated alkanes) is 1. The first-order chi connectivity index (χ1) is 10.2. The second-order valence-electron chi connectivity index (χ2n) is 5.48. The highest BCUT2D eigenvalue weighted by Gasteiger charge is 2.08. The van der Waals surface area contributed by atoms with Crippen LogP contribution in [0.1, 0.15) is 42.6 Å². The van der Waals surface area contributed by atoms with E-state index in [-0.39, 0.29) is 6.61 Å². The molecule has 1 unspecified atom stereocenters. The molecule has 0 amide bonds. The molecule has 21 heavy (non-hydrogen) atoms. The zero-order valence-corrected chi connectivity index (χ0v) is 12.9. The molecule has 0 bridgehead atoms. The van der Waals surface area contributed by atoms with Crippen LogP contribution in [-0.4, -0.2) is 11.7 Å². The minimum atomic E-state index is -0.592. The Morgan fingerprint density at radius 1 is 1.00 bits per heavy atom. The van der Waals surface area contributed by atoms with Crippen LogP contribution in [0.15, 0.2) is 48.5 Å². The summed E-state index contributed by atoms with van der Waals surface area (Å²) in [5.41, 5.74) is 3.41. The lowest BCUT2D eigenvalue weighted by molar-refractivity contribution is 0.108. The molecule has 0 aromatic heterocycles. The molecule has 1 N–H and O–H groups in total. The van der Waals surface area contributed by atoms with Gasteiger partial charge in [0.25, 0.3) is 0 Å². The molecule has 2 rings (SSSR count). The molecule has 0 saturated carbocycles. The van der Waals surface area contributed by atoms with Gasteiger partial charge >= 0.3 is 0 Å². The number of rotatable bonds is 7. The van der Waals surface area contributed by atoms with Crippen molar-refractivity contribution in [3.8, 4) is 5.75 Å². The van der Waals surface area contributed by atoms with E-state index in [4.69, 9.17) is 4.74 Å². The number of hydrogen-bond donors (Lipinski definition) is 1. The second kappa shape index (κ2) is 7.84. The minimum absolute atomic E-state index is 0.275. The molecule has 0 heterocycles. The van der Waals surface area contributed by atoms with Crippen molar-refractivity contribution in [1.82, 2.24) is 0 Å². The van der Waals surface area contributed by atoms with Crippen molar-refractivity contribution in [1.29, 1.82) is 0 Å². The van der Waals surface area contributed by atoms with E-state index < -0.39 is 6.10 Å². The van der Waals surface area contributed by atoms with Crippen LogP contribution in [0.25, 0.3) is 0 Å². The Morgan fingerprint density at radius 2 is 1.67 bits per heavy atom. The largest absolute Gasteiger partial charge is 0.491 e. The molecular formula is C19H24O2. The summed E-state index contributed by atoms with van der Waals surface area (Å²) < 4.78 is 5.66. The monoisotopic (exact) mass is 284 g/mol. The van der Waals surface area contributed by atoms with E-state index in [2.05, 4.69) is 19.1 Å². The number of aliphatic hydroxyl groups excluding tert-OH is 1. The lowest BCUT2D eigenvalue weighted by Gasteiger charge is -2.13. The molecule has 2 nitrogen and oxygen atoms in total. The van der Waals surface area contributed by atoms with Crippen LogP contribution >= 0.6 is 0 Å². The average molecular weight is 284 g/mol. The van der Waals surface area contributed by atoms with Crippen LogP contribution < -0.4 is 4.74 Å². The van der Waals surface area contributed by atoms with Gasteiger partial charge in [-0.15, -0.1) is 0 Å². The van der Waals surface area contributed by atoms with Gasteiger partial charge in [-0.25, -0.2) is 0 Å². The first kappa shape index (κ1) is 15.6. The quantitative estimate of drug-likeness (QED) is 0.814. The van der Waals surface area contributed by atoms with E-state index in [9.17, 15) is 5.11 Å². The fraction of sp³-hybridized carbons (Fsp3) is 0.368. The van der Waals surface area contributed by atoms with Crippen LogP contribution in [-0.2, 0) is 6.42 Å². The predicted molar refractivity (Wildman–Crippen MR) is 86.7 cm³/mol. The number of hydrogen-bond acceptors (Lipinski definition) is 2. The Hall–Kier alpha value is -1.80. The first-order valence-corrected chi connectivity index (χ1v) is 7.65. The zero-order chi connectivity index (χ0) is 15.1. The molecule has 0 radical (unpaired) electrons. The van der Waals surface area contributed by atoms with Crippen molar-refractivity contribution in [3.05, 3.63) is 65.2 Å². The summed E-state index contributed by atoms with van der Waals surface area (Å²) >= 11 is 0. The third kappa shape index (κ3) is 4.91. The SMILES string of the molecule is CCCCc1ccc(OCC(O)c2ccc(C)cc2)cc1. The molecule has 0 fully saturated rings. The van der Waals surface area contributed by atoms with Crippen LogP contribution in [0.5, 0.6) is 5.75 Å². The van der Waals surface area contributed by atoms with Gasteiger partial charge in [-0.05, 0) is 43.0 Å². The van der Waals surface area contributed by atoms with E-state index in [1.54, 1.807) is 0 Å². The van der Waals surface area contributed by atoms with E-state index in [1.165, 1.54) is 24.0 Å².